The molecule has 0 aliphatic rings. The minimum absolute atomic E-state index is 0.312. The molecule has 29 heavy (non-hydrogen) atoms. The van der Waals surface area contributed by atoms with Crippen molar-refractivity contribution in [1.82, 2.24) is 0 Å². The number of hydrogen-bond donors (Lipinski definition) is 1. The number of esters is 1. The zero-order valence-corrected chi connectivity index (χ0v) is 17.7. The van der Waals surface area contributed by atoms with Crippen LogP contribution < -0.4 is 10.1 Å². The van der Waals surface area contributed by atoms with E-state index in [1.54, 1.807) is 13.1 Å². The van der Waals surface area contributed by atoms with Crippen molar-refractivity contribution in [2.75, 3.05) is 11.9 Å². The average Bonchev–Trinajstić information content (AvgIpc) is 2.75. The Morgan fingerprint density at radius 1 is 0.966 bits per heavy atom. The van der Waals surface area contributed by atoms with Gasteiger partial charge in [-0.2, -0.15) is 0 Å². The minimum Gasteiger partial charge on any atom is -0.489 e. The van der Waals surface area contributed by atoms with E-state index in [-0.39, 0.29) is 5.97 Å². The molecule has 0 spiro atoms. The van der Waals surface area contributed by atoms with Crippen molar-refractivity contribution in [3.63, 3.8) is 0 Å². The minimum atomic E-state index is -0.380. The van der Waals surface area contributed by atoms with Gasteiger partial charge in [0.2, 0.25) is 0 Å². The van der Waals surface area contributed by atoms with Gasteiger partial charge in [-0.1, -0.05) is 58.4 Å². The molecule has 1 N–H and O–H groups in total. The van der Waals surface area contributed by atoms with E-state index in [2.05, 4.69) is 21.2 Å². The molecule has 0 aliphatic carbocycles. The molecule has 5 heteroatoms. The number of benzene rings is 3. The number of anilines is 1. The highest BCUT2D eigenvalue weighted by molar-refractivity contribution is 9.10. The Morgan fingerprint density at radius 3 is 2.31 bits per heavy atom. The maximum atomic E-state index is 12.4. The average molecular weight is 452 g/mol. The number of rotatable bonds is 8. The topological polar surface area (TPSA) is 47.6 Å². The second-order valence-corrected chi connectivity index (χ2v) is 7.14. The van der Waals surface area contributed by atoms with E-state index in [0.717, 1.165) is 27.0 Å². The third-order valence-electron chi connectivity index (χ3n) is 4.14. The van der Waals surface area contributed by atoms with E-state index in [0.29, 0.717) is 18.8 Å². The van der Waals surface area contributed by atoms with Gasteiger partial charge >= 0.3 is 5.97 Å². The van der Waals surface area contributed by atoms with Crippen LogP contribution in [0, 0.1) is 0 Å². The SMILES string of the molecule is CCOC(=O)/C(=C\Nc1ccc(Br)cc1)c1ccc(OCc2ccccc2)cc1. The lowest BCUT2D eigenvalue weighted by atomic mass is 10.1. The van der Waals surface area contributed by atoms with Crippen molar-refractivity contribution in [2.24, 2.45) is 0 Å². The Hall–Kier alpha value is -3.05. The molecule has 0 bridgehead atoms. The highest BCUT2D eigenvalue weighted by Gasteiger charge is 2.13. The second-order valence-electron chi connectivity index (χ2n) is 6.23. The van der Waals surface area contributed by atoms with Crippen LogP contribution in [0.1, 0.15) is 18.1 Å². The first kappa shape index (κ1) is 20.7. The first-order valence-corrected chi connectivity index (χ1v) is 10.1. The highest BCUT2D eigenvalue weighted by atomic mass is 79.9. The Kier molecular flexibility index (Phi) is 7.47. The fourth-order valence-corrected chi connectivity index (χ4v) is 2.91. The van der Waals surface area contributed by atoms with Crippen LogP contribution in [0.3, 0.4) is 0 Å². The lowest BCUT2D eigenvalue weighted by Crippen LogP contribution is -2.08. The molecule has 0 heterocycles. The number of ether oxygens (including phenoxy) is 2. The van der Waals surface area contributed by atoms with Gasteiger partial charge in [0.1, 0.15) is 12.4 Å². The predicted octanol–water partition coefficient (Wildman–Crippen LogP) is 6.04. The molecular weight excluding hydrogens is 430 g/mol. The van der Waals surface area contributed by atoms with Gasteiger partial charge in [-0.15, -0.1) is 0 Å². The molecule has 3 aromatic carbocycles. The zero-order valence-electron chi connectivity index (χ0n) is 16.1. The summed E-state index contributed by atoms with van der Waals surface area (Å²) < 4.78 is 12.0. The Bertz CT molecular complexity index is 952. The molecule has 148 valence electrons. The van der Waals surface area contributed by atoms with Gasteiger partial charge in [0.05, 0.1) is 12.2 Å². The van der Waals surface area contributed by atoms with Gasteiger partial charge in [0.25, 0.3) is 0 Å². The summed E-state index contributed by atoms with van der Waals surface area (Å²) in [4.78, 5) is 12.4. The number of halogens is 1. The number of hydrogen-bond acceptors (Lipinski definition) is 4. The first-order chi connectivity index (χ1) is 14.2. The number of carbonyl (C=O) groups is 1. The fourth-order valence-electron chi connectivity index (χ4n) is 2.64. The summed E-state index contributed by atoms with van der Waals surface area (Å²) in [5, 5.41) is 3.16. The van der Waals surface area contributed by atoms with Crippen LogP contribution in [-0.2, 0) is 16.1 Å². The molecule has 0 atom stereocenters. The van der Waals surface area contributed by atoms with Crippen molar-refractivity contribution < 1.29 is 14.3 Å². The summed E-state index contributed by atoms with van der Waals surface area (Å²) >= 11 is 3.41. The second kappa shape index (κ2) is 10.5. The third-order valence-corrected chi connectivity index (χ3v) is 4.67. The van der Waals surface area contributed by atoms with Gasteiger partial charge in [-0.05, 0) is 54.4 Å². The standard InChI is InChI=1S/C24H22BrNO3/c1-2-28-24(27)23(16-26-21-12-10-20(25)11-13-21)19-8-14-22(15-9-19)29-17-18-6-4-3-5-7-18/h3-16,26H,2,17H2,1H3/b23-16-. The largest absolute Gasteiger partial charge is 0.489 e. The Labute approximate surface area is 179 Å². The van der Waals surface area contributed by atoms with E-state index in [4.69, 9.17) is 9.47 Å². The first-order valence-electron chi connectivity index (χ1n) is 9.32. The van der Waals surface area contributed by atoms with Gasteiger partial charge < -0.3 is 14.8 Å². The van der Waals surface area contributed by atoms with E-state index in [9.17, 15) is 4.79 Å². The summed E-state index contributed by atoms with van der Waals surface area (Å²) in [6, 6.07) is 25.1. The quantitative estimate of drug-likeness (QED) is 0.334. The maximum absolute atomic E-state index is 12.4. The lowest BCUT2D eigenvalue weighted by molar-refractivity contribution is -0.136. The summed E-state index contributed by atoms with van der Waals surface area (Å²) in [6.07, 6.45) is 1.67. The summed E-state index contributed by atoms with van der Waals surface area (Å²) in [7, 11) is 0. The van der Waals surface area contributed by atoms with Crippen LogP contribution in [0.25, 0.3) is 5.57 Å². The Balaban J connectivity index is 1.73. The predicted molar refractivity (Wildman–Crippen MR) is 120 cm³/mol. The van der Waals surface area contributed by atoms with Crippen LogP contribution in [0.4, 0.5) is 5.69 Å². The normalized spacial score (nSPS) is 11.0. The molecule has 0 aliphatic heterocycles. The van der Waals surface area contributed by atoms with Crippen molar-refractivity contribution >= 4 is 33.2 Å². The van der Waals surface area contributed by atoms with Crippen LogP contribution in [-0.4, -0.2) is 12.6 Å². The molecule has 4 nitrogen and oxygen atoms in total. The van der Waals surface area contributed by atoms with Gasteiger partial charge in [0, 0.05) is 16.4 Å². The van der Waals surface area contributed by atoms with Crippen molar-refractivity contribution in [1.29, 1.82) is 0 Å². The molecule has 0 aromatic heterocycles. The van der Waals surface area contributed by atoms with Crippen molar-refractivity contribution in [2.45, 2.75) is 13.5 Å². The molecule has 0 unspecified atom stereocenters. The summed E-state index contributed by atoms with van der Waals surface area (Å²) in [5.41, 5.74) is 3.17. The summed E-state index contributed by atoms with van der Waals surface area (Å²) in [6.45, 7) is 2.59. The molecular formula is C24H22BrNO3. The number of nitrogens with one attached hydrogen (secondary N) is 1. The molecule has 0 saturated heterocycles. The molecule has 0 fully saturated rings. The van der Waals surface area contributed by atoms with Crippen LogP contribution in [0.5, 0.6) is 5.75 Å². The molecule has 3 rings (SSSR count). The van der Waals surface area contributed by atoms with Crippen LogP contribution in [0.15, 0.2) is 89.5 Å². The molecule has 0 radical (unpaired) electrons. The van der Waals surface area contributed by atoms with Crippen LogP contribution >= 0.6 is 15.9 Å². The van der Waals surface area contributed by atoms with Gasteiger partial charge in [-0.3, -0.25) is 0 Å². The van der Waals surface area contributed by atoms with Gasteiger partial charge in [0.15, 0.2) is 0 Å². The Morgan fingerprint density at radius 2 is 1.66 bits per heavy atom. The van der Waals surface area contributed by atoms with Gasteiger partial charge in [-0.25, -0.2) is 4.79 Å². The number of carbonyl (C=O) groups excluding carboxylic acids is 1. The maximum Gasteiger partial charge on any atom is 0.340 e. The van der Waals surface area contributed by atoms with Crippen molar-refractivity contribution in [3.05, 3.63) is 101 Å². The molecule has 0 amide bonds. The van der Waals surface area contributed by atoms with E-state index in [1.807, 2.05) is 78.9 Å². The fraction of sp³-hybridized carbons (Fsp3) is 0.125. The van der Waals surface area contributed by atoms with E-state index < -0.39 is 0 Å². The van der Waals surface area contributed by atoms with Crippen molar-refractivity contribution in [3.8, 4) is 5.75 Å². The highest BCUT2D eigenvalue weighted by Crippen LogP contribution is 2.22. The smallest absolute Gasteiger partial charge is 0.340 e. The summed E-state index contributed by atoms with van der Waals surface area (Å²) in [5.74, 6) is 0.358. The van der Waals surface area contributed by atoms with E-state index >= 15 is 0 Å². The monoisotopic (exact) mass is 451 g/mol. The lowest BCUT2D eigenvalue weighted by Gasteiger charge is -2.11. The van der Waals surface area contributed by atoms with Crippen LogP contribution in [0.2, 0.25) is 0 Å². The zero-order chi connectivity index (χ0) is 20.5. The molecule has 0 saturated carbocycles. The molecule has 3 aromatic rings. The third kappa shape index (κ3) is 6.22. The van der Waals surface area contributed by atoms with E-state index in [1.165, 1.54) is 0 Å².